The minimum atomic E-state index is -1.38. The standard InChI is InChI=1S/C36H44N8O7S/c1-6-21-18-36(21,33(48)43-42-20(2)45)41-30(46)26-17-23(50-31-27-24(14-16-52-27)38-29(40-31)25-13-9-10-15-37-25)19-44(26)32(47)28(35(3,4)5)39-34(49)51-22-11-7-8-12-22/h6,9-10,13-16,21-23,26,28H,1,7-8,11-12,17-19H2,2-5H3,(H,39,49)(H,41,46)(H,42,45)(H,43,48)/t21-,23-,26+,28-,36+/m1/s1. The van der Waals surface area contributed by atoms with E-state index in [2.05, 4.69) is 38.0 Å². The molecule has 0 radical (unpaired) electrons. The minimum absolute atomic E-state index is 0.0192. The summed E-state index contributed by atoms with van der Waals surface area (Å²) in [4.78, 5) is 81.8. The number of hydrogen-bond donors (Lipinski definition) is 4. The summed E-state index contributed by atoms with van der Waals surface area (Å²) in [6, 6.07) is 5.10. The summed E-state index contributed by atoms with van der Waals surface area (Å²) in [5.74, 6) is -1.97. The molecule has 52 heavy (non-hydrogen) atoms. The van der Waals surface area contributed by atoms with Gasteiger partial charge >= 0.3 is 6.09 Å². The highest BCUT2D eigenvalue weighted by Gasteiger charge is 2.61. The zero-order valence-corrected chi connectivity index (χ0v) is 30.5. The van der Waals surface area contributed by atoms with Crippen LogP contribution < -0.4 is 26.2 Å². The van der Waals surface area contributed by atoms with Crippen LogP contribution in [0.5, 0.6) is 5.88 Å². The number of rotatable bonds is 10. The van der Waals surface area contributed by atoms with Gasteiger partial charge in [-0.2, -0.15) is 4.98 Å². The van der Waals surface area contributed by atoms with Crippen LogP contribution in [0.3, 0.4) is 0 Å². The fourth-order valence-electron chi connectivity index (χ4n) is 6.78. The van der Waals surface area contributed by atoms with Gasteiger partial charge in [0.1, 0.15) is 40.2 Å². The van der Waals surface area contributed by atoms with Gasteiger partial charge in [0, 0.05) is 25.5 Å². The summed E-state index contributed by atoms with van der Waals surface area (Å²) in [5, 5.41) is 7.52. The number of thiophene rings is 1. The van der Waals surface area contributed by atoms with Crippen LogP contribution in [-0.4, -0.2) is 85.9 Å². The Hall–Kier alpha value is -5.12. The number of nitrogens with one attached hydrogen (secondary N) is 4. The molecule has 5 atom stereocenters. The third-order valence-corrected chi connectivity index (χ3v) is 10.5. The van der Waals surface area contributed by atoms with E-state index in [-0.39, 0.29) is 31.4 Å². The largest absolute Gasteiger partial charge is 0.471 e. The molecule has 1 saturated heterocycles. The van der Waals surface area contributed by atoms with Crippen molar-refractivity contribution in [1.82, 2.24) is 41.3 Å². The number of alkyl carbamates (subject to hydrolysis) is 1. The molecule has 276 valence electrons. The molecule has 1 aliphatic heterocycles. The van der Waals surface area contributed by atoms with Gasteiger partial charge in [-0.1, -0.05) is 32.9 Å². The number of amides is 5. The first-order valence-electron chi connectivity index (χ1n) is 17.4. The second kappa shape index (κ2) is 14.9. The van der Waals surface area contributed by atoms with Crippen molar-refractivity contribution in [3.8, 4) is 17.4 Å². The average molecular weight is 733 g/mol. The lowest BCUT2D eigenvalue weighted by Gasteiger charge is -2.35. The van der Waals surface area contributed by atoms with E-state index in [4.69, 9.17) is 14.5 Å². The summed E-state index contributed by atoms with van der Waals surface area (Å²) in [7, 11) is 0. The maximum Gasteiger partial charge on any atom is 0.408 e. The molecule has 0 aromatic carbocycles. The van der Waals surface area contributed by atoms with Crippen molar-refractivity contribution in [2.24, 2.45) is 11.3 Å². The van der Waals surface area contributed by atoms with Crippen LogP contribution in [0.4, 0.5) is 4.79 Å². The highest BCUT2D eigenvalue weighted by molar-refractivity contribution is 7.17. The zero-order chi connectivity index (χ0) is 37.2. The van der Waals surface area contributed by atoms with Crippen molar-refractivity contribution in [1.29, 1.82) is 0 Å². The molecule has 3 fully saturated rings. The number of ether oxygens (including phenoxy) is 2. The van der Waals surface area contributed by atoms with Crippen LogP contribution in [0, 0.1) is 11.3 Å². The van der Waals surface area contributed by atoms with Crippen molar-refractivity contribution < 1.29 is 33.4 Å². The van der Waals surface area contributed by atoms with Gasteiger partial charge in [-0.05, 0) is 61.1 Å². The van der Waals surface area contributed by atoms with Gasteiger partial charge in [-0.25, -0.2) is 9.78 Å². The summed E-state index contributed by atoms with van der Waals surface area (Å²) < 4.78 is 12.8. The number of carbonyl (C=O) groups excluding carboxylic acids is 5. The lowest BCUT2D eigenvalue weighted by Crippen LogP contribution is -2.60. The molecule has 3 aliphatic rings. The van der Waals surface area contributed by atoms with Crippen LogP contribution in [0.25, 0.3) is 21.7 Å². The number of aromatic nitrogens is 3. The smallest absolute Gasteiger partial charge is 0.408 e. The van der Waals surface area contributed by atoms with Crippen LogP contribution in [0.2, 0.25) is 0 Å². The Balaban J connectivity index is 1.29. The first-order valence-corrected chi connectivity index (χ1v) is 18.3. The predicted molar refractivity (Wildman–Crippen MR) is 191 cm³/mol. The Morgan fingerprint density at radius 2 is 1.85 bits per heavy atom. The number of pyridine rings is 1. The topological polar surface area (TPSA) is 194 Å². The highest BCUT2D eigenvalue weighted by Crippen LogP contribution is 2.45. The maximum absolute atomic E-state index is 14.5. The molecule has 3 aromatic heterocycles. The second-order valence-corrected chi connectivity index (χ2v) is 15.5. The first-order chi connectivity index (χ1) is 24.8. The molecule has 0 unspecified atom stereocenters. The van der Waals surface area contributed by atoms with E-state index < -0.39 is 64.8 Å². The fraction of sp³-hybridized carbons (Fsp3) is 0.500. The SMILES string of the molecule is C=C[C@@H]1C[C@@]1(NC(=O)[C@@H]1C[C@@H](Oc2nc(-c3ccccn3)nc3ccsc23)CN1C(=O)[C@@H](NC(=O)OC1CCCC1)C(C)(C)C)C(=O)NNC(C)=O. The normalized spacial score (nSPS) is 23.4. The van der Waals surface area contributed by atoms with E-state index in [9.17, 15) is 24.0 Å². The fourth-order valence-corrected chi connectivity index (χ4v) is 7.54. The molecule has 0 spiro atoms. The molecule has 5 amide bonds. The number of likely N-dealkylation sites (tertiary alicyclic amines) is 1. The monoisotopic (exact) mass is 732 g/mol. The molecule has 16 heteroatoms. The van der Waals surface area contributed by atoms with Crippen molar-refractivity contribution in [2.45, 2.75) is 96.1 Å². The van der Waals surface area contributed by atoms with Gasteiger partial charge < -0.3 is 25.0 Å². The summed E-state index contributed by atoms with van der Waals surface area (Å²) in [6.45, 7) is 10.5. The predicted octanol–water partition coefficient (Wildman–Crippen LogP) is 3.41. The van der Waals surface area contributed by atoms with E-state index in [1.807, 2.05) is 38.3 Å². The Morgan fingerprint density at radius 3 is 2.50 bits per heavy atom. The molecule has 15 nitrogen and oxygen atoms in total. The number of hydrazine groups is 1. The van der Waals surface area contributed by atoms with Crippen LogP contribution in [0.15, 0.2) is 48.5 Å². The summed E-state index contributed by atoms with van der Waals surface area (Å²) in [6.07, 6.45) is 5.36. The van der Waals surface area contributed by atoms with Gasteiger partial charge in [0.2, 0.25) is 23.6 Å². The summed E-state index contributed by atoms with van der Waals surface area (Å²) in [5.41, 5.74) is 3.68. The third kappa shape index (κ3) is 7.86. The maximum atomic E-state index is 14.5. The highest BCUT2D eigenvalue weighted by atomic mass is 32.1. The Morgan fingerprint density at radius 1 is 1.08 bits per heavy atom. The molecule has 3 aromatic rings. The van der Waals surface area contributed by atoms with Crippen LogP contribution in [0.1, 0.15) is 66.2 Å². The molecule has 4 heterocycles. The Kier molecular flexibility index (Phi) is 10.5. The van der Waals surface area contributed by atoms with Crippen molar-refractivity contribution >= 4 is 51.3 Å². The van der Waals surface area contributed by atoms with Crippen molar-refractivity contribution in [2.75, 3.05) is 6.54 Å². The van der Waals surface area contributed by atoms with E-state index in [1.165, 1.54) is 23.2 Å². The number of fused-ring (bicyclic) bond motifs is 1. The number of hydrogen-bond acceptors (Lipinski definition) is 11. The molecule has 0 bridgehead atoms. The van der Waals surface area contributed by atoms with E-state index in [0.29, 0.717) is 21.7 Å². The minimum Gasteiger partial charge on any atom is -0.471 e. The lowest BCUT2D eigenvalue weighted by molar-refractivity contribution is -0.143. The Labute approximate surface area is 305 Å². The van der Waals surface area contributed by atoms with E-state index in [0.717, 1.165) is 25.7 Å². The Bertz CT molecular complexity index is 1860. The van der Waals surface area contributed by atoms with E-state index in [1.54, 1.807) is 24.4 Å². The lowest BCUT2D eigenvalue weighted by atomic mass is 9.85. The molecule has 2 aliphatic carbocycles. The van der Waals surface area contributed by atoms with E-state index >= 15 is 0 Å². The van der Waals surface area contributed by atoms with Gasteiger partial charge in [-0.3, -0.25) is 35.0 Å². The van der Waals surface area contributed by atoms with Gasteiger partial charge in [0.15, 0.2) is 5.82 Å². The molecule has 2 saturated carbocycles. The zero-order valence-electron chi connectivity index (χ0n) is 29.6. The first kappa shape index (κ1) is 36.7. The van der Waals surface area contributed by atoms with Crippen LogP contribution in [-0.2, 0) is 23.9 Å². The van der Waals surface area contributed by atoms with Crippen LogP contribution >= 0.6 is 11.3 Å². The van der Waals surface area contributed by atoms with Gasteiger partial charge in [-0.15, -0.1) is 17.9 Å². The average Bonchev–Trinajstić information content (AvgIpc) is 3.55. The molecular weight excluding hydrogens is 689 g/mol. The van der Waals surface area contributed by atoms with Gasteiger partial charge in [0.05, 0.1) is 12.1 Å². The molecule has 6 rings (SSSR count). The van der Waals surface area contributed by atoms with Crippen molar-refractivity contribution in [3.63, 3.8) is 0 Å². The third-order valence-electron chi connectivity index (χ3n) is 9.65. The number of carbonyl (C=O) groups is 5. The van der Waals surface area contributed by atoms with Gasteiger partial charge in [0.25, 0.3) is 5.91 Å². The van der Waals surface area contributed by atoms with Crippen molar-refractivity contribution in [3.05, 3.63) is 48.5 Å². The number of nitrogens with zero attached hydrogens (tertiary/aromatic N) is 4. The second-order valence-electron chi connectivity index (χ2n) is 14.6. The summed E-state index contributed by atoms with van der Waals surface area (Å²) >= 11 is 1.40. The molecule has 4 N–H and O–H groups in total. The molecular formula is C36H44N8O7S. The quantitative estimate of drug-likeness (QED) is 0.177.